The number of hydrogen-bond donors (Lipinski definition) is 1. The number of halogens is 1. The van der Waals surface area contributed by atoms with E-state index in [0.29, 0.717) is 29.0 Å². The van der Waals surface area contributed by atoms with Crippen molar-refractivity contribution in [1.29, 1.82) is 0 Å². The predicted octanol–water partition coefficient (Wildman–Crippen LogP) is 4.03. The highest BCUT2D eigenvalue weighted by atomic mass is 32.2. The minimum absolute atomic E-state index is 0.00772. The Hall–Kier alpha value is -4.18. The quantitative estimate of drug-likeness (QED) is 0.355. The minimum Gasteiger partial charge on any atom is -0.495 e. The van der Waals surface area contributed by atoms with E-state index in [1.807, 2.05) is 42.5 Å². The predicted molar refractivity (Wildman–Crippen MR) is 139 cm³/mol. The van der Waals surface area contributed by atoms with Crippen molar-refractivity contribution >= 4 is 29.3 Å². The van der Waals surface area contributed by atoms with E-state index in [1.165, 1.54) is 30.0 Å². The molecule has 1 aliphatic rings. The van der Waals surface area contributed by atoms with Crippen molar-refractivity contribution in [3.63, 3.8) is 0 Å². The first-order valence-corrected chi connectivity index (χ1v) is 12.7. The van der Waals surface area contributed by atoms with E-state index in [0.717, 1.165) is 17.7 Å². The third-order valence-corrected chi connectivity index (χ3v) is 6.98. The van der Waals surface area contributed by atoms with Gasteiger partial charge in [-0.15, -0.1) is 10.2 Å². The summed E-state index contributed by atoms with van der Waals surface area (Å²) in [6.45, 7) is 0.636. The Morgan fingerprint density at radius 2 is 1.73 bits per heavy atom. The van der Waals surface area contributed by atoms with Gasteiger partial charge in [0.25, 0.3) is 5.91 Å². The van der Waals surface area contributed by atoms with Crippen LogP contribution >= 0.6 is 11.8 Å². The lowest BCUT2D eigenvalue weighted by molar-refractivity contribution is -0.116. The van der Waals surface area contributed by atoms with E-state index in [2.05, 4.69) is 15.5 Å². The zero-order valence-electron chi connectivity index (χ0n) is 20.1. The molecule has 2 amide bonds. The standard InChI is InChI=1S/C27H24FN5O3S/c1-36-23-13-7-6-12-22(23)33-24(16-29-26(35)19-9-3-4-10-20(19)28)30-31-27(33)37-17-25(34)32-15-14-18-8-2-5-11-21(18)32/h2-13H,14-17H2,1H3,(H,29,35). The number of amides is 2. The second kappa shape index (κ2) is 10.8. The molecule has 3 aromatic carbocycles. The summed E-state index contributed by atoms with van der Waals surface area (Å²) >= 11 is 1.25. The first kappa shape index (κ1) is 24.5. The summed E-state index contributed by atoms with van der Waals surface area (Å²) in [6, 6.07) is 21.0. The van der Waals surface area contributed by atoms with E-state index in [4.69, 9.17) is 4.74 Å². The number of thioether (sulfide) groups is 1. The number of nitrogens with zero attached hydrogens (tertiary/aromatic N) is 4. The van der Waals surface area contributed by atoms with Gasteiger partial charge in [-0.25, -0.2) is 4.39 Å². The molecule has 0 aliphatic carbocycles. The average molecular weight is 518 g/mol. The van der Waals surface area contributed by atoms with Gasteiger partial charge in [-0.3, -0.25) is 14.2 Å². The zero-order chi connectivity index (χ0) is 25.8. The zero-order valence-corrected chi connectivity index (χ0v) is 20.9. The van der Waals surface area contributed by atoms with E-state index < -0.39 is 11.7 Å². The molecule has 0 bridgehead atoms. The number of anilines is 1. The van der Waals surface area contributed by atoms with Crippen molar-refractivity contribution in [1.82, 2.24) is 20.1 Å². The number of fused-ring (bicyclic) bond motifs is 1. The van der Waals surface area contributed by atoms with Crippen LogP contribution in [0, 0.1) is 5.82 Å². The van der Waals surface area contributed by atoms with Crippen molar-refractivity contribution in [2.75, 3.05) is 24.3 Å². The van der Waals surface area contributed by atoms with Crippen LogP contribution < -0.4 is 15.0 Å². The number of ether oxygens (including phenoxy) is 1. The normalized spacial score (nSPS) is 12.3. The topological polar surface area (TPSA) is 89.3 Å². The number of rotatable bonds is 8. The molecule has 1 aliphatic heterocycles. The summed E-state index contributed by atoms with van der Waals surface area (Å²) in [6.07, 6.45) is 0.829. The summed E-state index contributed by atoms with van der Waals surface area (Å²) < 4.78 is 21.3. The van der Waals surface area contributed by atoms with Crippen LogP contribution in [0.2, 0.25) is 0 Å². The van der Waals surface area contributed by atoms with Gasteiger partial charge in [-0.1, -0.05) is 54.2 Å². The highest BCUT2D eigenvalue weighted by molar-refractivity contribution is 7.99. The highest BCUT2D eigenvalue weighted by Gasteiger charge is 2.26. The lowest BCUT2D eigenvalue weighted by Crippen LogP contribution is -2.30. The molecule has 0 radical (unpaired) electrons. The molecule has 0 fully saturated rings. The number of nitrogens with one attached hydrogen (secondary N) is 1. The molecule has 0 spiro atoms. The number of carbonyl (C=O) groups is 2. The number of methoxy groups -OCH3 is 1. The van der Waals surface area contributed by atoms with Crippen LogP contribution in [0.4, 0.5) is 10.1 Å². The smallest absolute Gasteiger partial charge is 0.254 e. The maximum absolute atomic E-state index is 14.1. The second-order valence-corrected chi connectivity index (χ2v) is 9.22. The molecular formula is C27H24FN5O3S. The lowest BCUT2D eigenvalue weighted by atomic mass is 10.2. The van der Waals surface area contributed by atoms with Crippen LogP contribution in [0.5, 0.6) is 5.75 Å². The van der Waals surface area contributed by atoms with Crippen molar-refractivity contribution < 1.29 is 18.7 Å². The van der Waals surface area contributed by atoms with Crippen LogP contribution in [0.25, 0.3) is 5.69 Å². The number of hydrogen-bond acceptors (Lipinski definition) is 6. The first-order valence-electron chi connectivity index (χ1n) is 11.7. The van der Waals surface area contributed by atoms with Gasteiger partial charge in [0.05, 0.1) is 30.7 Å². The molecule has 1 aromatic heterocycles. The van der Waals surface area contributed by atoms with E-state index in [1.54, 1.807) is 28.7 Å². The summed E-state index contributed by atoms with van der Waals surface area (Å²) in [5.41, 5.74) is 2.70. The first-order chi connectivity index (χ1) is 18.1. The van der Waals surface area contributed by atoms with Crippen LogP contribution in [-0.2, 0) is 17.8 Å². The van der Waals surface area contributed by atoms with E-state index in [-0.39, 0.29) is 23.8 Å². The third kappa shape index (κ3) is 5.05. The largest absolute Gasteiger partial charge is 0.495 e. The fourth-order valence-electron chi connectivity index (χ4n) is 4.27. The van der Waals surface area contributed by atoms with Crippen molar-refractivity contribution in [3.05, 3.63) is 95.6 Å². The molecular weight excluding hydrogens is 493 g/mol. The molecule has 37 heavy (non-hydrogen) atoms. The Labute approximate surface area is 217 Å². The molecule has 4 aromatic rings. The molecule has 10 heteroatoms. The van der Waals surface area contributed by atoms with Crippen molar-refractivity contribution in [3.8, 4) is 11.4 Å². The Bertz CT molecular complexity index is 1460. The van der Waals surface area contributed by atoms with Crippen LogP contribution in [0.15, 0.2) is 78.0 Å². The SMILES string of the molecule is COc1ccccc1-n1c(CNC(=O)c2ccccc2F)nnc1SCC(=O)N1CCc2ccccc21. The highest BCUT2D eigenvalue weighted by Crippen LogP contribution is 2.31. The summed E-state index contributed by atoms with van der Waals surface area (Å²) in [7, 11) is 1.56. The Kier molecular flexibility index (Phi) is 7.18. The molecule has 0 saturated carbocycles. The summed E-state index contributed by atoms with van der Waals surface area (Å²) in [5, 5.41) is 11.8. The molecule has 2 heterocycles. The molecule has 0 atom stereocenters. The van der Waals surface area contributed by atoms with Crippen LogP contribution in [-0.4, -0.2) is 46.0 Å². The Morgan fingerprint density at radius 3 is 2.54 bits per heavy atom. The number of carbonyl (C=O) groups excluding carboxylic acids is 2. The van der Waals surface area contributed by atoms with Gasteiger partial charge >= 0.3 is 0 Å². The monoisotopic (exact) mass is 517 g/mol. The molecule has 0 saturated heterocycles. The van der Waals surface area contributed by atoms with Gasteiger partial charge in [0.1, 0.15) is 11.6 Å². The van der Waals surface area contributed by atoms with Crippen LogP contribution in [0.3, 0.4) is 0 Å². The molecule has 1 N–H and O–H groups in total. The van der Waals surface area contributed by atoms with Gasteiger partial charge < -0.3 is 15.0 Å². The van der Waals surface area contributed by atoms with E-state index >= 15 is 0 Å². The molecule has 5 rings (SSSR count). The van der Waals surface area contributed by atoms with Gasteiger partial charge in [-0.2, -0.15) is 0 Å². The van der Waals surface area contributed by atoms with Gasteiger partial charge in [-0.05, 0) is 42.3 Å². The Morgan fingerprint density at radius 1 is 1.00 bits per heavy atom. The summed E-state index contributed by atoms with van der Waals surface area (Å²) in [5.74, 6) is -0.0576. The fraction of sp³-hybridized carbons (Fsp3) is 0.185. The molecule has 8 nitrogen and oxygen atoms in total. The van der Waals surface area contributed by atoms with Crippen molar-refractivity contribution in [2.24, 2.45) is 0 Å². The molecule has 0 unspecified atom stereocenters. The fourth-order valence-corrected chi connectivity index (χ4v) is 5.11. The Balaban J connectivity index is 1.38. The van der Waals surface area contributed by atoms with Gasteiger partial charge in [0.15, 0.2) is 11.0 Å². The van der Waals surface area contributed by atoms with E-state index in [9.17, 15) is 14.0 Å². The molecule has 188 valence electrons. The van der Waals surface area contributed by atoms with Crippen LogP contribution in [0.1, 0.15) is 21.7 Å². The number of aromatic nitrogens is 3. The average Bonchev–Trinajstić information content (AvgIpc) is 3.55. The second-order valence-electron chi connectivity index (χ2n) is 8.28. The van der Waals surface area contributed by atoms with Gasteiger partial charge in [0.2, 0.25) is 5.91 Å². The maximum Gasteiger partial charge on any atom is 0.254 e. The van der Waals surface area contributed by atoms with Gasteiger partial charge in [0, 0.05) is 12.2 Å². The summed E-state index contributed by atoms with van der Waals surface area (Å²) in [4.78, 5) is 27.5. The lowest BCUT2D eigenvalue weighted by Gasteiger charge is -2.17. The minimum atomic E-state index is -0.607. The maximum atomic E-state index is 14.1. The van der Waals surface area contributed by atoms with Crippen molar-refractivity contribution in [2.45, 2.75) is 18.1 Å². The number of para-hydroxylation sites is 3. The third-order valence-electron chi connectivity index (χ3n) is 6.06. The number of benzene rings is 3.